The molecule has 0 bridgehead atoms. The van der Waals surface area contributed by atoms with Gasteiger partial charge in [-0.2, -0.15) is 0 Å². The van der Waals surface area contributed by atoms with Gasteiger partial charge in [-0.15, -0.1) is 0 Å². The highest BCUT2D eigenvalue weighted by Crippen LogP contribution is 2.23. The Bertz CT molecular complexity index is 1350. The SMILES string of the molecule is CCCCCCCOC(=O)c1cccc(CN(N)/C=C(\N)c2cccc3c(=O)cc(N4CCOCC4)[nH]c23)c1. The molecule has 1 aliphatic heterocycles. The molecule has 39 heavy (non-hydrogen) atoms. The Labute approximate surface area is 229 Å². The summed E-state index contributed by atoms with van der Waals surface area (Å²) >= 11 is 0. The second kappa shape index (κ2) is 13.8. The molecule has 9 nitrogen and oxygen atoms in total. The Morgan fingerprint density at radius 2 is 1.87 bits per heavy atom. The van der Waals surface area contributed by atoms with Crippen molar-refractivity contribution < 1.29 is 14.3 Å². The van der Waals surface area contributed by atoms with Crippen molar-refractivity contribution in [3.8, 4) is 0 Å². The normalized spacial score (nSPS) is 14.0. The first-order valence-corrected chi connectivity index (χ1v) is 13.7. The molecule has 3 aromatic rings. The van der Waals surface area contributed by atoms with Crippen molar-refractivity contribution in [1.82, 2.24) is 9.99 Å². The van der Waals surface area contributed by atoms with Crippen molar-refractivity contribution in [2.45, 2.75) is 45.6 Å². The number of hydrazine groups is 1. The van der Waals surface area contributed by atoms with Gasteiger partial charge in [-0.1, -0.05) is 56.9 Å². The number of aromatic nitrogens is 1. The lowest BCUT2D eigenvalue weighted by atomic mass is 10.1. The monoisotopic (exact) mass is 533 g/mol. The number of morpholine rings is 1. The number of nitrogens with two attached hydrogens (primary N) is 2. The van der Waals surface area contributed by atoms with Gasteiger partial charge in [-0.3, -0.25) is 4.79 Å². The van der Waals surface area contributed by atoms with Crippen LogP contribution in [0, 0.1) is 0 Å². The van der Waals surface area contributed by atoms with Gasteiger partial charge in [-0.25, -0.2) is 10.6 Å². The van der Waals surface area contributed by atoms with E-state index in [9.17, 15) is 9.59 Å². The van der Waals surface area contributed by atoms with Crippen molar-refractivity contribution in [1.29, 1.82) is 0 Å². The highest BCUT2D eigenvalue weighted by Gasteiger charge is 2.16. The Morgan fingerprint density at radius 3 is 2.67 bits per heavy atom. The highest BCUT2D eigenvalue weighted by molar-refractivity contribution is 5.91. The number of para-hydroxylation sites is 1. The van der Waals surface area contributed by atoms with Crippen molar-refractivity contribution in [2.24, 2.45) is 11.6 Å². The van der Waals surface area contributed by atoms with Gasteiger partial charge in [0.25, 0.3) is 0 Å². The van der Waals surface area contributed by atoms with Gasteiger partial charge in [-0.05, 0) is 30.2 Å². The molecular formula is C30H39N5O4. The fraction of sp³-hybridized carbons (Fsp3) is 0.400. The summed E-state index contributed by atoms with van der Waals surface area (Å²) in [6.45, 7) is 5.57. The van der Waals surface area contributed by atoms with Crippen molar-refractivity contribution >= 4 is 28.4 Å². The zero-order chi connectivity index (χ0) is 27.6. The number of hydrogen-bond donors (Lipinski definition) is 3. The first-order valence-electron chi connectivity index (χ1n) is 13.7. The van der Waals surface area contributed by atoms with Gasteiger partial charge < -0.3 is 30.1 Å². The fourth-order valence-corrected chi connectivity index (χ4v) is 4.73. The lowest BCUT2D eigenvalue weighted by Gasteiger charge is -2.28. The molecule has 0 spiro atoms. The number of benzene rings is 2. The predicted octanol–water partition coefficient (Wildman–Crippen LogP) is 4.12. The van der Waals surface area contributed by atoms with Crippen molar-refractivity contribution in [2.75, 3.05) is 37.8 Å². The van der Waals surface area contributed by atoms with E-state index < -0.39 is 0 Å². The number of esters is 1. The second-order valence-corrected chi connectivity index (χ2v) is 9.85. The predicted molar refractivity (Wildman–Crippen MR) is 155 cm³/mol. The number of nitrogens with zero attached hydrogens (tertiary/aromatic N) is 2. The number of carbonyl (C=O) groups is 1. The molecular weight excluding hydrogens is 494 g/mol. The Hall–Kier alpha value is -3.82. The van der Waals surface area contributed by atoms with Crippen LogP contribution in [0.5, 0.6) is 0 Å². The molecule has 0 radical (unpaired) electrons. The number of nitrogens with one attached hydrogen (secondary N) is 1. The number of anilines is 1. The highest BCUT2D eigenvalue weighted by atomic mass is 16.5. The third-order valence-electron chi connectivity index (χ3n) is 6.83. The number of fused-ring (bicyclic) bond motifs is 1. The number of ether oxygens (including phenoxy) is 2. The van der Waals surface area contributed by atoms with Crippen LogP contribution in [0.15, 0.2) is 59.5 Å². The minimum absolute atomic E-state index is 0.0749. The Morgan fingerprint density at radius 1 is 1.10 bits per heavy atom. The zero-order valence-corrected chi connectivity index (χ0v) is 22.7. The average Bonchev–Trinajstić information content (AvgIpc) is 2.95. The van der Waals surface area contributed by atoms with E-state index >= 15 is 0 Å². The lowest BCUT2D eigenvalue weighted by Crippen LogP contribution is -2.37. The molecule has 2 aromatic carbocycles. The Kier molecular flexibility index (Phi) is 9.99. The number of pyridine rings is 1. The molecule has 5 N–H and O–H groups in total. The summed E-state index contributed by atoms with van der Waals surface area (Å²) in [6.07, 6.45) is 7.13. The summed E-state index contributed by atoms with van der Waals surface area (Å²) in [7, 11) is 0. The van der Waals surface area contributed by atoms with Crippen LogP contribution < -0.4 is 21.9 Å². The number of H-pyrrole nitrogens is 1. The van der Waals surface area contributed by atoms with Gasteiger partial charge in [0.15, 0.2) is 5.43 Å². The maximum Gasteiger partial charge on any atom is 0.338 e. The van der Waals surface area contributed by atoms with E-state index in [1.54, 1.807) is 30.5 Å². The number of rotatable bonds is 12. The summed E-state index contributed by atoms with van der Waals surface area (Å²) < 4.78 is 10.9. The van der Waals surface area contributed by atoms with Crippen LogP contribution in [0.4, 0.5) is 5.82 Å². The van der Waals surface area contributed by atoms with E-state index in [1.807, 2.05) is 24.3 Å². The van der Waals surface area contributed by atoms with Gasteiger partial charge >= 0.3 is 5.97 Å². The van der Waals surface area contributed by atoms with Gasteiger partial charge in [0.2, 0.25) is 0 Å². The number of aromatic amines is 1. The van der Waals surface area contributed by atoms with Crippen molar-refractivity contribution in [3.63, 3.8) is 0 Å². The molecule has 0 saturated carbocycles. The topological polar surface area (TPSA) is 127 Å². The van der Waals surface area contributed by atoms with E-state index in [-0.39, 0.29) is 11.4 Å². The summed E-state index contributed by atoms with van der Waals surface area (Å²) in [5, 5.41) is 2.03. The van der Waals surface area contributed by atoms with Crippen LogP contribution >= 0.6 is 0 Å². The second-order valence-electron chi connectivity index (χ2n) is 9.85. The molecule has 1 saturated heterocycles. The van der Waals surface area contributed by atoms with E-state index in [2.05, 4.69) is 16.8 Å². The first-order chi connectivity index (χ1) is 19.0. The fourth-order valence-electron chi connectivity index (χ4n) is 4.73. The quantitative estimate of drug-likeness (QED) is 0.137. The number of hydrogen-bond acceptors (Lipinski definition) is 8. The maximum atomic E-state index is 12.9. The summed E-state index contributed by atoms with van der Waals surface area (Å²) in [6, 6.07) is 14.3. The molecule has 1 aromatic heterocycles. The van der Waals surface area contributed by atoms with Crippen LogP contribution in [0.3, 0.4) is 0 Å². The maximum absolute atomic E-state index is 12.9. The molecule has 208 valence electrons. The van der Waals surface area contributed by atoms with Gasteiger partial charge in [0.1, 0.15) is 5.82 Å². The third-order valence-corrected chi connectivity index (χ3v) is 6.83. The van der Waals surface area contributed by atoms with Crippen LogP contribution in [0.2, 0.25) is 0 Å². The molecule has 0 unspecified atom stereocenters. The average molecular weight is 534 g/mol. The minimum atomic E-state index is -0.332. The molecule has 4 rings (SSSR count). The zero-order valence-electron chi connectivity index (χ0n) is 22.7. The van der Waals surface area contributed by atoms with E-state index in [0.29, 0.717) is 67.2 Å². The van der Waals surface area contributed by atoms with Crippen LogP contribution in [0.1, 0.15) is 60.5 Å². The van der Waals surface area contributed by atoms with Crippen LogP contribution in [-0.2, 0) is 16.0 Å². The van der Waals surface area contributed by atoms with E-state index in [1.165, 1.54) is 17.9 Å². The standard InChI is InChI=1S/C30H39N5O4/c1-2-3-4-5-6-15-39-30(37)23-10-7-9-22(18-23)20-35(32)21-26(31)24-11-8-12-25-27(36)19-28(33-29(24)25)34-13-16-38-17-14-34/h7-12,18-19,21H,2-6,13-17,20,31-32H2,1H3,(H,33,36)/b26-21-. The largest absolute Gasteiger partial charge is 0.462 e. The number of carbonyl (C=O) groups excluding carboxylic acids is 1. The minimum Gasteiger partial charge on any atom is -0.462 e. The van der Waals surface area contributed by atoms with E-state index in [0.717, 1.165) is 30.6 Å². The molecule has 1 aliphatic rings. The summed E-state index contributed by atoms with van der Waals surface area (Å²) in [5.41, 5.74) is 9.51. The molecule has 0 amide bonds. The molecule has 9 heteroatoms. The molecule has 2 heterocycles. The lowest BCUT2D eigenvalue weighted by molar-refractivity contribution is 0.0497. The molecule has 0 atom stereocenters. The summed E-state index contributed by atoms with van der Waals surface area (Å²) in [4.78, 5) is 30.9. The third kappa shape index (κ3) is 7.61. The molecule has 0 aliphatic carbocycles. The Balaban J connectivity index is 1.45. The van der Waals surface area contributed by atoms with Crippen molar-refractivity contribution in [3.05, 3.63) is 81.6 Å². The van der Waals surface area contributed by atoms with E-state index in [4.69, 9.17) is 21.1 Å². The van der Waals surface area contributed by atoms with Gasteiger partial charge in [0.05, 0.1) is 43.1 Å². The van der Waals surface area contributed by atoms with Crippen LogP contribution in [0.25, 0.3) is 16.6 Å². The number of unbranched alkanes of at least 4 members (excludes halogenated alkanes) is 4. The summed E-state index contributed by atoms with van der Waals surface area (Å²) in [5.74, 6) is 6.71. The van der Waals surface area contributed by atoms with Gasteiger partial charge in [0, 0.05) is 36.3 Å². The first kappa shape index (κ1) is 28.2. The van der Waals surface area contributed by atoms with Crippen LogP contribution in [-0.4, -0.2) is 48.9 Å². The molecule has 1 fully saturated rings. The smallest absolute Gasteiger partial charge is 0.338 e.